The molecule has 0 radical (unpaired) electrons. The van der Waals surface area contributed by atoms with E-state index in [9.17, 15) is 13.2 Å². The largest absolute Gasteiger partial charge is 0.379 e. The van der Waals surface area contributed by atoms with E-state index in [1.165, 1.54) is 11.3 Å². The Labute approximate surface area is 233 Å². The molecular formula is C27H33ClN4O4S2. The highest BCUT2D eigenvalue weighted by atomic mass is 35.5. The van der Waals surface area contributed by atoms with Gasteiger partial charge in [0.15, 0.2) is 5.13 Å². The van der Waals surface area contributed by atoms with Crippen molar-refractivity contribution in [3.05, 3.63) is 53.1 Å². The molecule has 0 bridgehead atoms. The lowest BCUT2D eigenvalue weighted by atomic mass is 10.1. The van der Waals surface area contributed by atoms with Crippen LogP contribution in [-0.4, -0.2) is 80.5 Å². The number of thiazole rings is 1. The van der Waals surface area contributed by atoms with Crippen LogP contribution in [0.25, 0.3) is 10.2 Å². The molecule has 204 valence electrons. The topological polar surface area (TPSA) is 83.1 Å². The summed E-state index contributed by atoms with van der Waals surface area (Å²) in [7, 11) is -3.60. The molecule has 8 nitrogen and oxygen atoms in total. The number of sulfonamides is 1. The summed E-state index contributed by atoms with van der Waals surface area (Å²) in [4.78, 5) is 22.7. The monoisotopic (exact) mass is 576 g/mol. The lowest BCUT2D eigenvalue weighted by Gasteiger charge is -2.32. The standard InChI is InChI=1S/C27H33ClN4O4S2/c1-20-5-2-3-14-32(20)38(34,35)23-9-6-21(7-10-23)26(33)31(13-4-12-30-15-17-36-18-16-30)27-29-24-11-8-22(28)19-25(24)37-27/h6-11,19-20H,2-5,12-18H2,1H3. The molecule has 2 fully saturated rings. The van der Waals surface area contributed by atoms with E-state index in [2.05, 4.69) is 4.90 Å². The van der Waals surface area contributed by atoms with Gasteiger partial charge in [-0.25, -0.2) is 13.4 Å². The van der Waals surface area contributed by atoms with Crippen LogP contribution in [0.1, 0.15) is 43.0 Å². The lowest BCUT2D eigenvalue weighted by Crippen LogP contribution is -2.41. The number of anilines is 1. The fraction of sp³-hybridized carbons (Fsp3) is 0.481. The molecule has 1 aromatic heterocycles. The third-order valence-electron chi connectivity index (χ3n) is 7.22. The number of hydrogen-bond donors (Lipinski definition) is 0. The average molecular weight is 577 g/mol. The van der Waals surface area contributed by atoms with Crippen LogP contribution in [0.5, 0.6) is 0 Å². The zero-order valence-electron chi connectivity index (χ0n) is 21.5. The SMILES string of the molecule is CC1CCCCN1S(=O)(=O)c1ccc(C(=O)N(CCCN2CCOCC2)c2nc3ccc(Cl)cc3s2)cc1. The summed E-state index contributed by atoms with van der Waals surface area (Å²) in [6.45, 7) is 7.07. The minimum Gasteiger partial charge on any atom is -0.379 e. The van der Waals surface area contributed by atoms with Crippen LogP contribution in [0.15, 0.2) is 47.4 Å². The molecule has 0 spiro atoms. The van der Waals surface area contributed by atoms with Crippen molar-refractivity contribution in [2.24, 2.45) is 0 Å². The van der Waals surface area contributed by atoms with Gasteiger partial charge in [0, 0.05) is 49.4 Å². The predicted octanol–water partition coefficient (Wildman–Crippen LogP) is 4.88. The minimum absolute atomic E-state index is 0.0236. The molecule has 0 aliphatic carbocycles. The van der Waals surface area contributed by atoms with Gasteiger partial charge in [0.2, 0.25) is 10.0 Å². The van der Waals surface area contributed by atoms with E-state index in [4.69, 9.17) is 21.3 Å². The zero-order valence-corrected chi connectivity index (χ0v) is 23.9. The number of halogens is 1. The fourth-order valence-electron chi connectivity index (χ4n) is 5.05. The van der Waals surface area contributed by atoms with Crippen LogP contribution in [0.3, 0.4) is 0 Å². The molecule has 1 unspecified atom stereocenters. The van der Waals surface area contributed by atoms with Gasteiger partial charge in [-0.15, -0.1) is 0 Å². The number of piperidine rings is 1. The maximum absolute atomic E-state index is 13.8. The van der Waals surface area contributed by atoms with Crippen molar-refractivity contribution in [1.29, 1.82) is 0 Å². The van der Waals surface area contributed by atoms with Crippen LogP contribution in [0.4, 0.5) is 5.13 Å². The fourth-order valence-corrected chi connectivity index (χ4v) is 8.02. The Morgan fingerprint density at radius 3 is 2.63 bits per heavy atom. The van der Waals surface area contributed by atoms with Gasteiger partial charge < -0.3 is 4.74 Å². The number of fused-ring (bicyclic) bond motifs is 1. The maximum Gasteiger partial charge on any atom is 0.260 e. The van der Waals surface area contributed by atoms with Crippen molar-refractivity contribution in [3.63, 3.8) is 0 Å². The number of carbonyl (C=O) groups is 1. The highest BCUT2D eigenvalue weighted by Gasteiger charge is 2.31. The van der Waals surface area contributed by atoms with Crippen molar-refractivity contribution in [1.82, 2.24) is 14.2 Å². The molecule has 11 heteroatoms. The van der Waals surface area contributed by atoms with E-state index < -0.39 is 10.0 Å². The highest BCUT2D eigenvalue weighted by Crippen LogP contribution is 2.32. The van der Waals surface area contributed by atoms with Gasteiger partial charge in [-0.1, -0.05) is 29.4 Å². The highest BCUT2D eigenvalue weighted by molar-refractivity contribution is 7.89. The number of amides is 1. The summed E-state index contributed by atoms with van der Waals surface area (Å²) in [6.07, 6.45) is 3.55. The number of morpholine rings is 1. The first-order valence-electron chi connectivity index (χ1n) is 13.1. The second-order valence-electron chi connectivity index (χ2n) is 9.86. The van der Waals surface area contributed by atoms with Crippen molar-refractivity contribution in [2.75, 3.05) is 50.8 Å². The van der Waals surface area contributed by atoms with Gasteiger partial charge in [-0.2, -0.15) is 4.31 Å². The third-order valence-corrected chi connectivity index (χ3v) is 10.5. The molecule has 2 aliphatic rings. The minimum atomic E-state index is -3.60. The Kier molecular flexibility index (Phi) is 8.66. The van der Waals surface area contributed by atoms with E-state index in [-0.39, 0.29) is 16.8 Å². The molecule has 0 N–H and O–H groups in total. The van der Waals surface area contributed by atoms with Gasteiger partial charge in [0.25, 0.3) is 5.91 Å². The number of benzene rings is 2. The van der Waals surface area contributed by atoms with Gasteiger partial charge in [-0.3, -0.25) is 14.6 Å². The summed E-state index contributed by atoms with van der Waals surface area (Å²) in [5.74, 6) is -0.201. The molecule has 5 rings (SSSR count). The number of nitrogens with zero attached hydrogens (tertiary/aromatic N) is 4. The average Bonchev–Trinajstić information content (AvgIpc) is 3.34. The molecule has 3 heterocycles. The lowest BCUT2D eigenvalue weighted by molar-refractivity contribution is 0.0376. The Hall–Kier alpha value is -2.08. The number of hydrogen-bond acceptors (Lipinski definition) is 7. The van der Waals surface area contributed by atoms with Crippen molar-refractivity contribution in [3.8, 4) is 0 Å². The van der Waals surface area contributed by atoms with E-state index >= 15 is 0 Å². The van der Waals surface area contributed by atoms with Gasteiger partial charge in [-0.05, 0) is 68.7 Å². The Morgan fingerprint density at radius 1 is 1.13 bits per heavy atom. The molecular weight excluding hydrogens is 544 g/mol. The maximum atomic E-state index is 13.8. The quantitative estimate of drug-likeness (QED) is 0.380. The smallest absolute Gasteiger partial charge is 0.260 e. The molecule has 2 aliphatic heterocycles. The van der Waals surface area contributed by atoms with Crippen molar-refractivity contribution in [2.45, 2.75) is 43.5 Å². The second-order valence-corrected chi connectivity index (χ2v) is 13.2. The Morgan fingerprint density at radius 2 is 1.89 bits per heavy atom. The molecule has 2 saturated heterocycles. The van der Waals surface area contributed by atoms with E-state index in [0.29, 0.717) is 28.8 Å². The Bertz CT molecular complexity index is 1370. The molecule has 1 amide bonds. The number of aromatic nitrogens is 1. The molecule has 1 atom stereocenters. The number of ether oxygens (including phenoxy) is 1. The van der Waals surface area contributed by atoms with E-state index in [0.717, 1.165) is 68.7 Å². The first-order valence-corrected chi connectivity index (χ1v) is 15.8. The van der Waals surface area contributed by atoms with Gasteiger partial charge >= 0.3 is 0 Å². The normalized spacial score (nSPS) is 19.6. The second kappa shape index (κ2) is 12.0. The first-order chi connectivity index (χ1) is 18.3. The van der Waals surface area contributed by atoms with E-state index in [1.54, 1.807) is 39.5 Å². The van der Waals surface area contributed by atoms with Crippen LogP contribution >= 0.6 is 22.9 Å². The number of carbonyl (C=O) groups excluding carboxylic acids is 1. The summed E-state index contributed by atoms with van der Waals surface area (Å²) < 4.78 is 34.4. The molecule has 38 heavy (non-hydrogen) atoms. The predicted molar refractivity (Wildman–Crippen MR) is 152 cm³/mol. The third kappa shape index (κ3) is 6.05. The summed E-state index contributed by atoms with van der Waals surface area (Å²) in [5.41, 5.74) is 1.22. The van der Waals surface area contributed by atoms with Crippen molar-refractivity contribution >= 4 is 54.2 Å². The summed E-state index contributed by atoms with van der Waals surface area (Å²) in [5, 5.41) is 1.23. The molecule has 0 saturated carbocycles. The summed E-state index contributed by atoms with van der Waals surface area (Å²) >= 11 is 7.61. The van der Waals surface area contributed by atoms with Crippen molar-refractivity contribution < 1.29 is 17.9 Å². The first kappa shape index (κ1) is 27.5. The van der Waals surface area contributed by atoms with Gasteiger partial charge in [0.05, 0.1) is 28.3 Å². The van der Waals surface area contributed by atoms with E-state index in [1.807, 2.05) is 19.1 Å². The van der Waals surface area contributed by atoms with Gasteiger partial charge in [0.1, 0.15) is 0 Å². The molecule has 3 aromatic rings. The summed E-state index contributed by atoms with van der Waals surface area (Å²) in [6, 6.07) is 11.8. The Balaban J connectivity index is 1.37. The number of rotatable bonds is 8. The van der Waals surface area contributed by atoms with Crippen LogP contribution in [-0.2, 0) is 14.8 Å². The van der Waals surface area contributed by atoms with Crippen LogP contribution in [0.2, 0.25) is 5.02 Å². The van der Waals surface area contributed by atoms with Crippen LogP contribution < -0.4 is 4.90 Å². The molecule has 2 aromatic carbocycles. The van der Waals surface area contributed by atoms with Crippen LogP contribution in [0, 0.1) is 0 Å². The zero-order chi connectivity index (χ0) is 26.7.